The van der Waals surface area contributed by atoms with Crippen LogP contribution in [0.3, 0.4) is 0 Å². The van der Waals surface area contributed by atoms with Crippen molar-refractivity contribution >= 4 is 16.9 Å². The number of aliphatic hydroxyl groups is 5. The maximum absolute atomic E-state index is 13.8. The number of fused-ring (bicyclic) bond motifs is 1. The molecule has 2 aromatic carbocycles. The molecular weight excluding hydrogens is 812 g/mol. The SMILES string of the molecule is CC/C=C\C/C=C\C/C=C\CCCCCCCC(=O)O[C@@H]1[C@@H](O)[C@@H](O)[C@H](OC[C@H]2O[C@@H](Oc3c(-c4ccc(O)c(O)c4)oc4cc(O)cc(O)c4c3=O)[C@H](O)[C@@H](O)[C@@H]2O)O[C@H]1C. The number of unbranched alkanes of at least 4 members (excludes halogenated alkanes) is 5. The highest BCUT2D eigenvalue weighted by Gasteiger charge is 2.49. The van der Waals surface area contributed by atoms with Gasteiger partial charge in [-0.05, 0) is 63.6 Å². The van der Waals surface area contributed by atoms with Crippen LogP contribution in [0.1, 0.15) is 78.1 Å². The molecule has 1 aromatic heterocycles. The lowest BCUT2D eigenvalue weighted by Gasteiger charge is -2.43. The molecule has 0 aliphatic carbocycles. The first-order chi connectivity index (χ1) is 29.7. The average molecular weight is 871 g/mol. The van der Waals surface area contributed by atoms with E-state index in [-0.39, 0.29) is 17.6 Å². The Morgan fingerprint density at radius 1 is 0.726 bits per heavy atom. The highest BCUT2D eigenvalue weighted by Crippen LogP contribution is 2.39. The summed E-state index contributed by atoms with van der Waals surface area (Å²) in [5.41, 5.74) is -1.37. The monoisotopic (exact) mass is 870 g/mol. The number of hydrogen-bond acceptors (Lipinski definition) is 17. The van der Waals surface area contributed by atoms with Crippen molar-refractivity contribution in [3.8, 4) is 40.1 Å². The van der Waals surface area contributed by atoms with Crippen LogP contribution in [0.4, 0.5) is 0 Å². The molecule has 17 nitrogen and oxygen atoms in total. The molecular formula is C45H58O17. The van der Waals surface area contributed by atoms with E-state index in [0.29, 0.717) is 6.42 Å². The Kier molecular flexibility index (Phi) is 17.8. The van der Waals surface area contributed by atoms with Crippen LogP contribution in [-0.4, -0.2) is 120 Å². The maximum atomic E-state index is 13.8. The van der Waals surface area contributed by atoms with E-state index in [2.05, 4.69) is 43.4 Å². The molecule has 0 amide bonds. The summed E-state index contributed by atoms with van der Waals surface area (Å²) in [7, 11) is 0. The molecule has 2 saturated heterocycles. The van der Waals surface area contributed by atoms with Crippen molar-refractivity contribution < 1.29 is 78.9 Å². The van der Waals surface area contributed by atoms with Gasteiger partial charge in [-0.1, -0.05) is 62.6 Å². The quantitative estimate of drug-likeness (QED) is 0.0328. The fraction of sp³-hybridized carbons (Fsp3) is 0.511. The first-order valence-corrected chi connectivity index (χ1v) is 20.9. The van der Waals surface area contributed by atoms with Gasteiger partial charge in [0, 0.05) is 24.1 Å². The fourth-order valence-electron chi connectivity index (χ4n) is 7.09. The minimum Gasteiger partial charge on any atom is -0.508 e. The molecule has 0 spiro atoms. The minimum atomic E-state index is -2.00. The average Bonchev–Trinajstić information content (AvgIpc) is 3.23. The van der Waals surface area contributed by atoms with Gasteiger partial charge in [-0.15, -0.1) is 0 Å². The highest BCUT2D eigenvalue weighted by atomic mass is 16.7. The van der Waals surface area contributed by atoms with Crippen LogP contribution >= 0.6 is 0 Å². The van der Waals surface area contributed by atoms with Crippen molar-refractivity contribution in [1.82, 2.24) is 0 Å². The number of carbonyl (C=O) groups excluding carboxylic acids is 1. The number of aromatic hydroxyl groups is 4. The molecule has 62 heavy (non-hydrogen) atoms. The minimum absolute atomic E-state index is 0.0386. The van der Waals surface area contributed by atoms with Crippen LogP contribution in [0, 0.1) is 0 Å². The van der Waals surface area contributed by atoms with Gasteiger partial charge in [0.1, 0.15) is 59.1 Å². The van der Waals surface area contributed by atoms with Crippen molar-refractivity contribution in [1.29, 1.82) is 0 Å². The number of hydrogen-bond donors (Lipinski definition) is 9. The zero-order valence-electron chi connectivity index (χ0n) is 34.7. The third-order valence-corrected chi connectivity index (χ3v) is 10.6. The molecule has 340 valence electrons. The van der Waals surface area contributed by atoms with Crippen LogP contribution < -0.4 is 10.2 Å². The van der Waals surface area contributed by atoms with E-state index in [1.54, 1.807) is 0 Å². The van der Waals surface area contributed by atoms with Crippen molar-refractivity contribution in [3.05, 3.63) is 77.0 Å². The number of ether oxygens (including phenoxy) is 5. The molecule has 0 saturated carbocycles. The van der Waals surface area contributed by atoms with Crippen molar-refractivity contribution in [2.75, 3.05) is 6.61 Å². The predicted octanol–water partition coefficient (Wildman–Crippen LogP) is 4.45. The van der Waals surface area contributed by atoms with Crippen LogP contribution in [0.15, 0.2) is 76.0 Å². The van der Waals surface area contributed by atoms with Crippen molar-refractivity contribution in [3.63, 3.8) is 0 Å². The summed E-state index contributed by atoms with van der Waals surface area (Å²) in [5.74, 6) is -3.93. The van der Waals surface area contributed by atoms with Gasteiger partial charge in [0.05, 0.1) is 12.7 Å². The summed E-state index contributed by atoms with van der Waals surface area (Å²) >= 11 is 0. The van der Waals surface area contributed by atoms with Crippen LogP contribution in [0.2, 0.25) is 0 Å². The van der Waals surface area contributed by atoms with Gasteiger partial charge >= 0.3 is 5.97 Å². The molecule has 2 fully saturated rings. The smallest absolute Gasteiger partial charge is 0.306 e. The predicted molar refractivity (Wildman–Crippen MR) is 223 cm³/mol. The molecule has 2 aliphatic heterocycles. The van der Waals surface area contributed by atoms with Crippen molar-refractivity contribution in [2.24, 2.45) is 0 Å². The number of benzene rings is 2. The van der Waals surface area contributed by atoms with E-state index < -0.39 is 119 Å². The second kappa shape index (κ2) is 22.9. The molecule has 0 bridgehead atoms. The van der Waals surface area contributed by atoms with Gasteiger partial charge in [-0.2, -0.15) is 0 Å². The van der Waals surface area contributed by atoms with Crippen LogP contribution in [-0.2, 0) is 23.7 Å². The molecule has 0 radical (unpaired) electrons. The summed E-state index contributed by atoms with van der Waals surface area (Å²) in [5, 5.41) is 94.4. The molecule has 0 unspecified atom stereocenters. The zero-order valence-corrected chi connectivity index (χ0v) is 34.7. The summed E-state index contributed by atoms with van der Waals surface area (Å²) in [6.07, 6.45) is 5.17. The number of phenolic OH excluding ortho intramolecular Hbond substituents is 4. The number of allylic oxidation sites excluding steroid dienone is 6. The zero-order chi connectivity index (χ0) is 44.9. The van der Waals surface area contributed by atoms with Gasteiger partial charge in [0.2, 0.25) is 17.5 Å². The van der Waals surface area contributed by atoms with Crippen molar-refractivity contribution in [2.45, 2.75) is 139 Å². The van der Waals surface area contributed by atoms with Crippen LogP contribution in [0.5, 0.6) is 28.7 Å². The molecule has 3 aromatic rings. The highest BCUT2D eigenvalue weighted by molar-refractivity contribution is 5.88. The Morgan fingerprint density at radius 3 is 2.13 bits per heavy atom. The Balaban J connectivity index is 1.13. The first kappa shape index (κ1) is 48.1. The number of rotatable bonds is 20. The molecule has 10 atom stereocenters. The first-order valence-electron chi connectivity index (χ1n) is 20.9. The Bertz CT molecular complexity index is 2080. The number of carbonyl (C=O) groups is 1. The molecule has 3 heterocycles. The van der Waals surface area contributed by atoms with Crippen LogP contribution in [0.25, 0.3) is 22.3 Å². The third-order valence-electron chi connectivity index (χ3n) is 10.6. The normalized spacial score (nSPS) is 26.8. The standard InChI is InChI=1S/C45H58O17/c1-3-4-5-6-7-8-9-10-11-12-13-14-15-16-17-18-33(50)61-41-25(2)58-44(40(56)38(41)54)57-24-32-35(51)37(53)39(55)45(60-32)62-43-36(52)34-30(49)22-27(46)23-31(34)59-42(43)26-19-20-28(47)29(48)21-26/h4-5,7-8,10-11,19-23,25,32,35,37-41,44-49,51,53-56H,3,6,9,12-18,24H2,1-2H3/b5-4-,8-7-,11-10-/t25-,32+,35+,37-,38-,39+,40+,41-,44+,45-/m0/s1. The number of phenols is 4. The third kappa shape index (κ3) is 12.4. The van der Waals surface area contributed by atoms with Gasteiger partial charge < -0.3 is 74.1 Å². The lowest BCUT2D eigenvalue weighted by Crippen LogP contribution is -2.62. The van der Waals surface area contributed by atoms with Gasteiger partial charge in [0.25, 0.3) is 0 Å². The topological polar surface area (TPSA) is 276 Å². The summed E-state index contributed by atoms with van der Waals surface area (Å²) in [6.45, 7) is 2.99. The fourth-order valence-corrected chi connectivity index (χ4v) is 7.09. The summed E-state index contributed by atoms with van der Waals surface area (Å²) in [6, 6.07) is 5.26. The Labute approximate surface area is 358 Å². The molecule has 17 heteroatoms. The van der Waals surface area contributed by atoms with E-state index in [0.717, 1.165) is 75.6 Å². The largest absolute Gasteiger partial charge is 0.508 e. The van der Waals surface area contributed by atoms with E-state index >= 15 is 0 Å². The maximum Gasteiger partial charge on any atom is 0.306 e. The second-order valence-corrected chi connectivity index (χ2v) is 15.3. The summed E-state index contributed by atoms with van der Waals surface area (Å²) < 4.78 is 34.2. The van der Waals surface area contributed by atoms with E-state index in [1.807, 2.05) is 0 Å². The van der Waals surface area contributed by atoms with Gasteiger partial charge in [0.15, 0.2) is 29.7 Å². The van der Waals surface area contributed by atoms with Gasteiger partial charge in [-0.25, -0.2) is 0 Å². The van der Waals surface area contributed by atoms with E-state index in [4.69, 9.17) is 28.1 Å². The second-order valence-electron chi connectivity index (χ2n) is 15.3. The van der Waals surface area contributed by atoms with E-state index in [1.165, 1.54) is 13.0 Å². The van der Waals surface area contributed by atoms with E-state index in [9.17, 15) is 55.5 Å². The Hall–Kier alpha value is -4.98. The number of esters is 1. The van der Waals surface area contributed by atoms with Gasteiger partial charge in [-0.3, -0.25) is 9.59 Å². The summed E-state index contributed by atoms with van der Waals surface area (Å²) in [4.78, 5) is 26.5. The number of aliphatic hydroxyl groups excluding tert-OH is 5. The molecule has 2 aliphatic rings. The lowest BCUT2D eigenvalue weighted by molar-refractivity contribution is -0.319. The lowest BCUT2D eigenvalue weighted by atomic mass is 9.98. The molecule has 9 N–H and O–H groups in total. The molecule has 5 rings (SSSR count). The Morgan fingerprint density at radius 2 is 1.40 bits per heavy atom.